The number of aromatic nitrogens is 1. The van der Waals surface area contributed by atoms with Crippen LogP contribution in [-0.2, 0) is 27.2 Å². The van der Waals surface area contributed by atoms with Gasteiger partial charge in [0, 0.05) is 18.8 Å². The summed E-state index contributed by atoms with van der Waals surface area (Å²) in [5.74, 6) is -2.00. The molecule has 26 heavy (non-hydrogen) atoms. The number of carbonyl (C=O) groups is 3. The predicted octanol–water partition coefficient (Wildman–Crippen LogP) is 0.941. The second-order valence-electron chi connectivity index (χ2n) is 5.91. The van der Waals surface area contributed by atoms with Crippen LogP contribution >= 0.6 is 0 Å². The second-order valence-corrected chi connectivity index (χ2v) is 5.91. The molecule has 2 rings (SSSR count). The van der Waals surface area contributed by atoms with Crippen molar-refractivity contribution in [1.29, 1.82) is 0 Å². The van der Waals surface area contributed by atoms with E-state index in [0.717, 1.165) is 11.1 Å². The molecule has 136 valence electrons. The minimum Gasteiger partial charge on any atom is -0.480 e. The molecule has 7 heteroatoms. The molecule has 2 aromatic rings. The van der Waals surface area contributed by atoms with Gasteiger partial charge in [0.1, 0.15) is 12.1 Å². The van der Waals surface area contributed by atoms with Gasteiger partial charge in [0.15, 0.2) is 0 Å². The lowest BCUT2D eigenvalue weighted by molar-refractivity contribution is -0.142. The zero-order chi connectivity index (χ0) is 18.9. The van der Waals surface area contributed by atoms with E-state index in [9.17, 15) is 19.5 Å². The third kappa shape index (κ3) is 6.01. The van der Waals surface area contributed by atoms with E-state index in [-0.39, 0.29) is 18.7 Å². The molecule has 0 fully saturated rings. The average molecular weight is 355 g/mol. The molecule has 1 heterocycles. The zero-order valence-electron chi connectivity index (χ0n) is 14.4. The highest BCUT2D eigenvalue weighted by molar-refractivity contribution is 5.90. The van der Waals surface area contributed by atoms with Crippen LogP contribution in [0, 0.1) is 0 Å². The molecule has 0 saturated heterocycles. The van der Waals surface area contributed by atoms with Crippen molar-refractivity contribution in [3.05, 3.63) is 66.0 Å². The summed E-state index contributed by atoms with van der Waals surface area (Å²) in [5, 5.41) is 14.4. The molecule has 0 radical (unpaired) electrons. The monoisotopic (exact) mass is 355 g/mol. The predicted molar refractivity (Wildman–Crippen MR) is 95.3 cm³/mol. The second kappa shape index (κ2) is 9.31. The molecular formula is C19H21N3O4. The number of nitrogens with zero attached hydrogens (tertiary/aromatic N) is 1. The maximum absolute atomic E-state index is 12.2. The Hall–Kier alpha value is -3.22. The van der Waals surface area contributed by atoms with Gasteiger partial charge in [-0.2, -0.15) is 0 Å². The number of aliphatic carboxylic acids is 1. The van der Waals surface area contributed by atoms with Crippen molar-refractivity contribution >= 4 is 17.8 Å². The first-order chi connectivity index (χ1) is 12.5. The topological polar surface area (TPSA) is 108 Å². The van der Waals surface area contributed by atoms with E-state index < -0.39 is 24.0 Å². The van der Waals surface area contributed by atoms with Gasteiger partial charge in [-0.05, 0) is 30.2 Å². The first kappa shape index (κ1) is 19.1. The summed E-state index contributed by atoms with van der Waals surface area (Å²) < 4.78 is 0. The summed E-state index contributed by atoms with van der Waals surface area (Å²) in [6, 6.07) is 10.5. The largest absolute Gasteiger partial charge is 0.480 e. The Labute approximate surface area is 151 Å². The summed E-state index contributed by atoms with van der Waals surface area (Å²) in [4.78, 5) is 39.5. The molecule has 7 nitrogen and oxygen atoms in total. The molecule has 1 aromatic carbocycles. The number of carboxylic acids is 1. The molecule has 3 N–H and O–H groups in total. The van der Waals surface area contributed by atoms with Gasteiger partial charge in [0.05, 0.1) is 6.42 Å². The van der Waals surface area contributed by atoms with Gasteiger partial charge >= 0.3 is 5.97 Å². The van der Waals surface area contributed by atoms with Crippen LogP contribution in [0.25, 0.3) is 0 Å². The summed E-state index contributed by atoms with van der Waals surface area (Å²) in [7, 11) is 0. The molecule has 2 amide bonds. The molecule has 0 aliphatic carbocycles. The number of nitrogens with one attached hydrogen (secondary N) is 2. The van der Waals surface area contributed by atoms with Gasteiger partial charge < -0.3 is 15.7 Å². The molecule has 0 unspecified atom stereocenters. The van der Waals surface area contributed by atoms with Crippen molar-refractivity contribution in [3.63, 3.8) is 0 Å². The van der Waals surface area contributed by atoms with Crippen LogP contribution in [0.5, 0.6) is 0 Å². The highest BCUT2D eigenvalue weighted by Gasteiger charge is 2.24. The molecule has 0 spiro atoms. The van der Waals surface area contributed by atoms with Crippen molar-refractivity contribution in [3.8, 4) is 0 Å². The van der Waals surface area contributed by atoms with Gasteiger partial charge in [-0.25, -0.2) is 4.79 Å². The maximum atomic E-state index is 12.2. The van der Waals surface area contributed by atoms with Crippen molar-refractivity contribution in [2.75, 3.05) is 0 Å². The van der Waals surface area contributed by atoms with Crippen LogP contribution < -0.4 is 10.6 Å². The highest BCUT2D eigenvalue weighted by Crippen LogP contribution is 2.04. The fraction of sp³-hybridized carbons (Fsp3) is 0.263. The van der Waals surface area contributed by atoms with Gasteiger partial charge in [0.2, 0.25) is 11.8 Å². The number of amides is 2. The third-order valence-corrected chi connectivity index (χ3v) is 3.78. The Kier molecular flexibility index (Phi) is 6.84. The molecule has 0 bridgehead atoms. The van der Waals surface area contributed by atoms with Crippen molar-refractivity contribution in [1.82, 2.24) is 15.6 Å². The smallest absolute Gasteiger partial charge is 0.326 e. The van der Waals surface area contributed by atoms with Crippen molar-refractivity contribution in [2.24, 2.45) is 0 Å². The Morgan fingerprint density at radius 3 is 2.27 bits per heavy atom. The summed E-state index contributed by atoms with van der Waals surface area (Å²) in [6.07, 6.45) is 3.45. The van der Waals surface area contributed by atoms with Crippen molar-refractivity contribution in [2.45, 2.75) is 31.8 Å². The van der Waals surface area contributed by atoms with Gasteiger partial charge in [0.25, 0.3) is 0 Å². The highest BCUT2D eigenvalue weighted by atomic mass is 16.4. The fourth-order valence-electron chi connectivity index (χ4n) is 2.39. The number of carbonyl (C=O) groups excluding carboxylic acids is 2. The van der Waals surface area contributed by atoms with E-state index in [0.29, 0.717) is 0 Å². The molecule has 0 aliphatic rings. The lowest BCUT2D eigenvalue weighted by Crippen LogP contribution is -2.51. The van der Waals surface area contributed by atoms with Crippen LogP contribution in [0.3, 0.4) is 0 Å². The Bertz CT molecular complexity index is 750. The Balaban J connectivity index is 1.89. The normalized spacial score (nSPS) is 12.7. The number of hydrogen-bond donors (Lipinski definition) is 3. The molecule has 1 aromatic heterocycles. The van der Waals surface area contributed by atoms with Gasteiger partial charge in [-0.3, -0.25) is 14.6 Å². The van der Waals surface area contributed by atoms with Crippen LogP contribution in [0.2, 0.25) is 0 Å². The van der Waals surface area contributed by atoms with Crippen LogP contribution in [0.15, 0.2) is 54.9 Å². The van der Waals surface area contributed by atoms with Gasteiger partial charge in [-0.15, -0.1) is 0 Å². The number of rotatable bonds is 8. The fourth-order valence-corrected chi connectivity index (χ4v) is 2.39. The lowest BCUT2D eigenvalue weighted by atomic mass is 10.1. The van der Waals surface area contributed by atoms with E-state index in [1.807, 2.05) is 6.07 Å². The summed E-state index contributed by atoms with van der Waals surface area (Å²) >= 11 is 0. The van der Waals surface area contributed by atoms with Crippen LogP contribution in [0.1, 0.15) is 18.1 Å². The molecular weight excluding hydrogens is 334 g/mol. The van der Waals surface area contributed by atoms with Crippen molar-refractivity contribution < 1.29 is 19.5 Å². The van der Waals surface area contributed by atoms with Crippen LogP contribution in [-0.4, -0.2) is 40.0 Å². The standard InChI is InChI=1S/C19H21N3O4/c1-13(21-17(23)12-15-7-9-20-10-8-15)18(24)22-16(19(25)26)11-14-5-3-2-4-6-14/h2-10,13,16H,11-12H2,1H3,(H,21,23)(H,22,24)(H,25,26)/t13-,16-/m0/s1. The maximum Gasteiger partial charge on any atom is 0.326 e. The van der Waals surface area contributed by atoms with E-state index >= 15 is 0 Å². The van der Waals surface area contributed by atoms with E-state index in [2.05, 4.69) is 15.6 Å². The number of pyridine rings is 1. The minimum atomic E-state index is -1.13. The van der Waals surface area contributed by atoms with E-state index in [4.69, 9.17) is 0 Å². The lowest BCUT2D eigenvalue weighted by Gasteiger charge is -2.19. The molecule has 0 saturated carbocycles. The average Bonchev–Trinajstić information content (AvgIpc) is 2.62. The van der Waals surface area contributed by atoms with E-state index in [1.165, 1.54) is 6.92 Å². The molecule has 0 aliphatic heterocycles. The molecule has 2 atom stereocenters. The van der Waals surface area contributed by atoms with E-state index in [1.54, 1.807) is 48.8 Å². The first-order valence-corrected chi connectivity index (χ1v) is 8.21. The first-order valence-electron chi connectivity index (χ1n) is 8.21. The number of hydrogen-bond acceptors (Lipinski definition) is 4. The van der Waals surface area contributed by atoms with Gasteiger partial charge in [-0.1, -0.05) is 30.3 Å². The Morgan fingerprint density at radius 2 is 1.65 bits per heavy atom. The minimum absolute atomic E-state index is 0.118. The zero-order valence-corrected chi connectivity index (χ0v) is 14.4. The Morgan fingerprint density at radius 1 is 1.00 bits per heavy atom. The van der Waals surface area contributed by atoms with Crippen LogP contribution in [0.4, 0.5) is 0 Å². The summed E-state index contributed by atoms with van der Waals surface area (Å²) in [6.45, 7) is 1.52. The summed E-state index contributed by atoms with van der Waals surface area (Å²) in [5.41, 5.74) is 1.58. The third-order valence-electron chi connectivity index (χ3n) is 3.78. The number of carboxylic acid groups (broad SMARTS) is 1. The SMILES string of the molecule is C[C@H](NC(=O)Cc1ccncc1)C(=O)N[C@@H](Cc1ccccc1)C(=O)O. The number of benzene rings is 1. The quantitative estimate of drug-likeness (QED) is 0.653.